The van der Waals surface area contributed by atoms with Gasteiger partial charge in [-0.3, -0.25) is 5.43 Å². The van der Waals surface area contributed by atoms with Gasteiger partial charge in [0.25, 0.3) is 0 Å². The lowest BCUT2D eigenvalue weighted by Crippen LogP contribution is -1.99. The molecule has 3 aromatic carbocycles. The number of hydrazone groups is 1. The number of hydrogen-bond donors (Lipinski definition) is 1. The van der Waals surface area contributed by atoms with Gasteiger partial charge >= 0.3 is 0 Å². The molecule has 0 atom stereocenters. The third-order valence-corrected chi connectivity index (χ3v) is 4.70. The summed E-state index contributed by atoms with van der Waals surface area (Å²) in [5, 5.41) is 5.28. The van der Waals surface area contributed by atoms with E-state index in [-0.39, 0.29) is 0 Å². The summed E-state index contributed by atoms with van der Waals surface area (Å²) >= 11 is 0. The minimum Gasteiger partial charge on any atom is -0.493 e. The van der Waals surface area contributed by atoms with E-state index in [4.69, 9.17) is 19.4 Å². The lowest BCUT2D eigenvalue weighted by Gasteiger charge is -2.09. The molecule has 4 rings (SSSR count). The highest BCUT2D eigenvalue weighted by Gasteiger charge is 2.09. The number of para-hydroxylation sites is 1. The first-order valence-electron chi connectivity index (χ1n) is 9.53. The van der Waals surface area contributed by atoms with Crippen LogP contribution >= 0.6 is 0 Å². The van der Waals surface area contributed by atoms with Crippen LogP contribution in [-0.4, -0.2) is 30.4 Å². The minimum atomic E-state index is 0.646. The van der Waals surface area contributed by atoms with Crippen molar-refractivity contribution in [2.75, 3.05) is 19.6 Å². The van der Waals surface area contributed by atoms with Gasteiger partial charge in [0.1, 0.15) is 0 Å². The second kappa shape index (κ2) is 8.61. The van der Waals surface area contributed by atoms with Crippen molar-refractivity contribution in [1.29, 1.82) is 0 Å². The summed E-state index contributed by atoms with van der Waals surface area (Å²) in [5.74, 6) is 2.62. The standard InChI is InChI=1S/C24H22N4O2/c1-16-8-11-18(12-9-16)23-26-20-7-5-4-6-19(20)24(27-23)28-25-15-17-10-13-21(29-2)22(14-17)30-3/h4-15H,1-3H3,(H,26,27,28)/b25-15-. The van der Waals surface area contributed by atoms with Crippen LogP contribution in [0.5, 0.6) is 11.5 Å². The number of rotatable bonds is 6. The van der Waals surface area contributed by atoms with Crippen LogP contribution in [0.3, 0.4) is 0 Å². The number of aryl methyl sites for hydroxylation is 1. The van der Waals surface area contributed by atoms with E-state index in [0.717, 1.165) is 22.0 Å². The first kappa shape index (κ1) is 19.4. The summed E-state index contributed by atoms with van der Waals surface area (Å²) in [6.45, 7) is 2.06. The Kier molecular flexibility index (Phi) is 5.57. The fraction of sp³-hybridized carbons (Fsp3) is 0.125. The van der Waals surface area contributed by atoms with Gasteiger partial charge in [0.05, 0.1) is 26.0 Å². The van der Waals surface area contributed by atoms with Crippen molar-refractivity contribution in [3.05, 3.63) is 77.9 Å². The Balaban J connectivity index is 1.66. The van der Waals surface area contributed by atoms with E-state index in [9.17, 15) is 0 Å². The Labute approximate surface area is 175 Å². The van der Waals surface area contributed by atoms with Crippen molar-refractivity contribution in [3.8, 4) is 22.9 Å². The number of nitrogens with one attached hydrogen (secondary N) is 1. The Morgan fingerprint density at radius 1 is 0.867 bits per heavy atom. The van der Waals surface area contributed by atoms with Crippen molar-refractivity contribution < 1.29 is 9.47 Å². The molecule has 1 aromatic heterocycles. The monoisotopic (exact) mass is 398 g/mol. The number of aromatic nitrogens is 2. The van der Waals surface area contributed by atoms with E-state index >= 15 is 0 Å². The average molecular weight is 398 g/mol. The lowest BCUT2D eigenvalue weighted by molar-refractivity contribution is 0.355. The molecule has 0 saturated heterocycles. The largest absolute Gasteiger partial charge is 0.493 e. The maximum Gasteiger partial charge on any atom is 0.162 e. The topological polar surface area (TPSA) is 68.6 Å². The van der Waals surface area contributed by atoms with E-state index < -0.39 is 0 Å². The molecule has 30 heavy (non-hydrogen) atoms. The third-order valence-electron chi connectivity index (χ3n) is 4.70. The predicted octanol–water partition coefficient (Wildman–Crippen LogP) is 5.07. The summed E-state index contributed by atoms with van der Waals surface area (Å²) in [6.07, 6.45) is 1.71. The summed E-state index contributed by atoms with van der Waals surface area (Å²) < 4.78 is 10.6. The molecule has 6 heteroatoms. The number of methoxy groups -OCH3 is 2. The quantitative estimate of drug-likeness (QED) is 0.363. The van der Waals surface area contributed by atoms with Crippen LogP contribution in [0.25, 0.3) is 22.3 Å². The lowest BCUT2D eigenvalue weighted by atomic mass is 10.1. The molecule has 0 saturated carbocycles. The second-order valence-corrected chi connectivity index (χ2v) is 6.76. The molecule has 0 aliphatic heterocycles. The number of ether oxygens (including phenoxy) is 2. The zero-order chi connectivity index (χ0) is 20.9. The van der Waals surface area contributed by atoms with Crippen molar-refractivity contribution >= 4 is 22.9 Å². The van der Waals surface area contributed by atoms with Gasteiger partial charge in [0, 0.05) is 10.9 Å². The van der Waals surface area contributed by atoms with Crippen molar-refractivity contribution in [1.82, 2.24) is 9.97 Å². The highest BCUT2D eigenvalue weighted by Crippen LogP contribution is 2.27. The first-order valence-corrected chi connectivity index (χ1v) is 9.53. The van der Waals surface area contributed by atoms with Gasteiger partial charge in [-0.2, -0.15) is 5.10 Å². The van der Waals surface area contributed by atoms with Gasteiger partial charge in [-0.25, -0.2) is 9.97 Å². The third kappa shape index (κ3) is 4.07. The SMILES string of the molecule is COc1ccc(/C=N\Nc2nc(-c3ccc(C)cc3)nc3ccccc23)cc1OC. The molecule has 0 bridgehead atoms. The summed E-state index contributed by atoms with van der Waals surface area (Å²) in [5.41, 5.74) is 6.94. The van der Waals surface area contributed by atoms with Crippen molar-refractivity contribution in [3.63, 3.8) is 0 Å². The molecular formula is C24H22N4O2. The van der Waals surface area contributed by atoms with Gasteiger partial charge in [-0.1, -0.05) is 42.0 Å². The summed E-state index contributed by atoms with van der Waals surface area (Å²) in [7, 11) is 3.22. The van der Waals surface area contributed by atoms with E-state index in [1.165, 1.54) is 5.56 Å². The van der Waals surface area contributed by atoms with E-state index in [1.807, 2.05) is 54.6 Å². The Hall–Kier alpha value is -3.93. The van der Waals surface area contributed by atoms with Crippen LogP contribution in [-0.2, 0) is 0 Å². The van der Waals surface area contributed by atoms with Crippen LogP contribution in [0, 0.1) is 6.92 Å². The van der Waals surface area contributed by atoms with Gasteiger partial charge < -0.3 is 9.47 Å². The molecule has 150 valence electrons. The Morgan fingerprint density at radius 2 is 1.63 bits per heavy atom. The molecule has 0 unspecified atom stereocenters. The molecule has 4 aromatic rings. The number of hydrogen-bond acceptors (Lipinski definition) is 6. The molecule has 0 radical (unpaired) electrons. The molecule has 6 nitrogen and oxygen atoms in total. The Morgan fingerprint density at radius 3 is 2.40 bits per heavy atom. The predicted molar refractivity (Wildman–Crippen MR) is 120 cm³/mol. The second-order valence-electron chi connectivity index (χ2n) is 6.76. The van der Waals surface area contributed by atoms with Crippen LogP contribution < -0.4 is 14.9 Å². The van der Waals surface area contributed by atoms with Crippen molar-refractivity contribution in [2.45, 2.75) is 6.92 Å². The average Bonchev–Trinajstić information content (AvgIpc) is 2.79. The molecule has 0 aliphatic rings. The van der Waals surface area contributed by atoms with Crippen LogP contribution in [0.4, 0.5) is 5.82 Å². The zero-order valence-corrected chi connectivity index (χ0v) is 17.1. The fourth-order valence-corrected chi connectivity index (χ4v) is 3.09. The zero-order valence-electron chi connectivity index (χ0n) is 17.1. The molecule has 0 amide bonds. The highest BCUT2D eigenvalue weighted by molar-refractivity contribution is 5.91. The summed E-state index contributed by atoms with van der Waals surface area (Å²) in [6, 6.07) is 21.6. The van der Waals surface area contributed by atoms with Crippen LogP contribution in [0.2, 0.25) is 0 Å². The van der Waals surface area contributed by atoms with Crippen LogP contribution in [0.1, 0.15) is 11.1 Å². The molecular weight excluding hydrogens is 376 g/mol. The molecule has 1 heterocycles. The number of anilines is 1. The number of nitrogens with zero attached hydrogens (tertiary/aromatic N) is 3. The first-order chi connectivity index (χ1) is 14.7. The maximum absolute atomic E-state index is 5.34. The number of fused-ring (bicyclic) bond motifs is 1. The van der Waals surface area contributed by atoms with Crippen molar-refractivity contribution in [2.24, 2.45) is 5.10 Å². The van der Waals surface area contributed by atoms with E-state index in [1.54, 1.807) is 20.4 Å². The molecule has 1 N–H and O–H groups in total. The van der Waals surface area contributed by atoms with E-state index in [2.05, 4.69) is 29.6 Å². The van der Waals surface area contributed by atoms with Gasteiger partial charge in [0.2, 0.25) is 0 Å². The highest BCUT2D eigenvalue weighted by atomic mass is 16.5. The molecule has 0 fully saturated rings. The molecule has 0 spiro atoms. The normalized spacial score (nSPS) is 11.0. The van der Waals surface area contributed by atoms with Gasteiger partial charge in [-0.05, 0) is 42.8 Å². The number of benzene rings is 3. The summed E-state index contributed by atoms with van der Waals surface area (Å²) in [4.78, 5) is 9.42. The Bertz CT molecular complexity index is 1200. The molecule has 0 aliphatic carbocycles. The van der Waals surface area contributed by atoms with Gasteiger partial charge in [0.15, 0.2) is 23.1 Å². The fourth-order valence-electron chi connectivity index (χ4n) is 3.09. The van der Waals surface area contributed by atoms with Gasteiger partial charge in [-0.15, -0.1) is 0 Å². The maximum atomic E-state index is 5.34. The smallest absolute Gasteiger partial charge is 0.162 e. The van der Waals surface area contributed by atoms with E-state index in [0.29, 0.717) is 23.1 Å². The van der Waals surface area contributed by atoms with Crippen LogP contribution in [0.15, 0.2) is 71.8 Å². The minimum absolute atomic E-state index is 0.646.